The Morgan fingerprint density at radius 3 is 2.67 bits per heavy atom. The number of rotatable bonds is 3. The first-order chi connectivity index (χ1) is 5.77. The highest BCUT2D eigenvalue weighted by Gasteiger charge is 1.97. The lowest BCUT2D eigenvalue weighted by Crippen LogP contribution is -2.06. The third-order valence-corrected chi connectivity index (χ3v) is 1.75. The van der Waals surface area contributed by atoms with Crippen LogP contribution in [0.15, 0.2) is 12.3 Å². The molecular formula is C9H15N3. The lowest BCUT2D eigenvalue weighted by Gasteiger charge is -2.05. The average molecular weight is 165 g/mol. The Hall–Kier alpha value is -1.09. The molecule has 0 aliphatic heterocycles. The van der Waals surface area contributed by atoms with Crippen LogP contribution in [0, 0.1) is 6.92 Å². The molecule has 0 saturated carbocycles. The van der Waals surface area contributed by atoms with Gasteiger partial charge in [0.2, 0.25) is 0 Å². The Labute approximate surface area is 73.2 Å². The van der Waals surface area contributed by atoms with E-state index in [2.05, 4.69) is 28.6 Å². The summed E-state index contributed by atoms with van der Waals surface area (Å²) < 4.78 is 0. The first-order valence-electron chi connectivity index (χ1n) is 4.05. The van der Waals surface area contributed by atoms with Crippen LogP contribution in [-0.2, 0) is 6.54 Å². The van der Waals surface area contributed by atoms with Gasteiger partial charge >= 0.3 is 0 Å². The van der Waals surface area contributed by atoms with Crippen molar-refractivity contribution in [2.45, 2.75) is 13.5 Å². The molecule has 0 radical (unpaired) electrons. The molecule has 0 amide bonds. The molecule has 3 nitrogen and oxygen atoms in total. The number of aryl methyl sites for hydroxylation is 1. The molecule has 0 saturated heterocycles. The molecule has 0 spiro atoms. The molecule has 0 atom stereocenters. The van der Waals surface area contributed by atoms with Crippen molar-refractivity contribution in [3.8, 4) is 0 Å². The van der Waals surface area contributed by atoms with E-state index in [9.17, 15) is 0 Å². The van der Waals surface area contributed by atoms with Crippen LogP contribution in [0.1, 0.15) is 11.1 Å². The third-order valence-electron chi connectivity index (χ3n) is 1.75. The van der Waals surface area contributed by atoms with Gasteiger partial charge < -0.3 is 10.6 Å². The standard InChI is InChI=1S/C9H15N3/c1-7-4-8(5-10-2)6-12-9(7)11-3/h4,6,10H,5H2,1-3H3,(H,11,12). The van der Waals surface area contributed by atoms with Crippen molar-refractivity contribution in [3.05, 3.63) is 23.4 Å². The van der Waals surface area contributed by atoms with E-state index in [0.29, 0.717) is 0 Å². The quantitative estimate of drug-likeness (QED) is 0.705. The lowest BCUT2D eigenvalue weighted by molar-refractivity contribution is 0.812. The van der Waals surface area contributed by atoms with Crippen LogP contribution in [-0.4, -0.2) is 19.1 Å². The molecule has 0 unspecified atom stereocenters. The van der Waals surface area contributed by atoms with Crippen molar-refractivity contribution in [1.29, 1.82) is 0 Å². The number of hydrogen-bond donors (Lipinski definition) is 2. The van der Waals surface area contributed by atoms with Crippen LogP contribution >= 0.6 is 0 Å². The molecule has 12 heavy (non-hydrogen) atoms. The normalized spacial score (nSPS) is 9.92. The number of hydrogen-bond acceptors (Lipinski definition) is 3. The Morgan fingerprint density at radius 1 is 1.42 bits per heavy atom. The predicted octanol–water partition coefficient (Wildman–Crippen LogP) is 1.15. The van der Waals surface area contributed by atoms with E-state index in [4.69, 9.17) is 0 Å². The molecule has 1 aromatic heterocycles. The molecule has 2 N–H and O–H groups in total. The summed E-state index contributed by atoms with van der Waals surface area (Å²) in [6, 6.07) is 2.13. The molecule has 0 fully saturated rings. The van der Waals surface area contributed by atoms with Crippen molar-refractivity contribution < 1.29 is 0 Å². The van der Waals surface area contributed by atoms with Gasteiger partial charge in [-0.15, -0.1) is 0 Å². The zero-order valence-electron chi connectivity index (χ0n) is 7.81. The van der Waals surface area contributed by atoms with Gasteiger partial charge in [0.1, 0.15) is 5.82 Å². The van der Waals surface area contributed by atoms with Crippen LogP contribution in [0.5, 0.6) is 0 Å². The second kappa shape index (κ2) is 4.07. The molecular weight excluding hydrogens is 150 g/mol. The summed E-state index contributed by atoms with van der Waals surface area (Å²) in [5.41, 5.74) is 2.40. The minimum Gasteiger partial charge on any atom is -0.373 e. The fourth-order valence-corrected chi connectivity index (χ4v) is 1.20. The molecule has 0 aliphatic rings. The Bertz CT molecular complexity index is 258. The molecule has 1 heterocycles. The van der Waals surface area contributed by atoms with Gasteiger partial charge in [0.05, 0.1) is 0 Å². The van der Waals surface area contributed by atoms with Crippen molar-refractivity contribution in [3.63, 3.8) is 0 Å². The molecule has 1 rings (SSSR count). The van der Waals surface area contributed by atoms with Gasteiger partial charge in [-0.25, -0.2) is 4.98 Å². The summed E-state index contributed by atoms with van der Waals surface area (Å²) in [7, 11) is 3.81. The highest BCUT2D eigenvalue weighted by molar-refractivity contribution is 5.43. The number of nitrogens with zero attached hydrogens (tertiary/aromatic N) is 1. The lowest BCUT2D eigenvalue weighted by atomic mass is 10.2. The van der Waals surface area contributed by atoms with Gasteiger partial charge in [0.15, 0.2) is 0 Å². The van der Waals surface area contributed by atoms with E-state index >= 15 is 0 Å². The summed E-state index contributed by atoms with van der Waals surface area (Å²) in [6.07, 6.45) is 1.88. The Balaban J connectivity index is 2.86. The summed E-state index contributed by atoms with van der Waals surface area (Å²) in [6.45, 7) is 2.93. The maximum absolute atomic E-state index is 4.26. The van der Waals surface area contributed by atoms with Crippen LogP contribution in [0.25, 0.3) is 0 Å². The first-order valence-corrected chi connectivity index (χ1v) is 4.05. The molecule has 0 aliphatic carbocycles. The van der Waals surface area contributed by atoms with Gasteiger partial charge in [0, 0.05) is 19.8 Å². The average Bonchev–Trinajstić information content (AvgIpc) is 2.05. The Morgan fingerprint density at radius 2 is 2.17 bits per heavy atom. The van der Waals surface area contributed by atoms with Crippen LogP contribution < -0.4 is 10.6 Å². The number of aromatic nitrogens is 1. The second-order valence-electron chi connectivity index (χ2n) is 2.79. The monoisotopic (exact) mass is 165 g/mol. The van der Waals surface area contributed by atoms with Crippen molar-refractivity contribution in [1.82, 2.24) is 10.3 Å². The molecule has 0 bridgehead atoms. The summed E-state index contributed by atoms with van der Waals surface area (Å²) >= 11 is 0. The fraction of sp³-hybridized carbons (Fsp3) is 0.444. The summed E-state index contributed by atoms with van der Waals surface area (Å²) in [4.78, 5) is 4.26. The number of pyridine rings is 1. The maximum atomic E-state index is 4.26. The molecule has 66 valence electrons. The highest BCUT2D eigenvalue weighted by atomic mass is 15.0. The van der Waals surface area contributed by atoms with Crippen molar-refractivity contribution in [2.24, 2.45) is 0 Å². The predicted molar refractivity (Wildman–Crippen MR) is 51.3 cm³/mol. The minimum atomic E-state index is 0.873. The first kappa shape index (κ1) is 9.00. The highest BCUT2D eigenvalue weighted by Crippen LogP contribution is 2.11. The zero-order valence-corrected chi connectivity index (χ0v) is 7.81. The van der Waals surface area contributed by atoms with Crippen LogP contribution in [0.2, 0.25) is 0 Å². The third kappa shape index (κ3) is 1.95. The largest absolute Gasteiger partial charge is 0.373 e. The van der Waals surface area contributed by atoms with Crippen LogP contribution in [0.3, 0.4) is 0 Å². The van der Waals surface area contributed by atoms with E-state index in [1.165, 1.54) is 11.1 Å². The molecule has 0 aromatic carbocycles. The zero-order chi connectivity index (χ0) is 8.97. The van der Waals surface area contributed by atoms with Gasteiger partial charge in [-0.3, -0.25) is 0 Å². The van der Waals surface area contributed by atoms with E-state index in [1.54, 1.807) is 0 Å². The van der Waals surface area contributed by atoms with Crippen molar-refractivity contribution >= 4 is 5.82 Å². The van der Waals surface area contributed by atoms with Gasteiger partial charge in [0.25, 0.3) is 0 Å². The SMILES string of the molecule is CNCc1cnc(NC)c(C)c1. The maximum Gasteiger partial charge on any atom is 0.128 e. The van der Waals surface area contributed by atoms with Gasteiger partial charge in [-0.05, 0) is 31.2 Å². The van der Waals surface area contributed by atoms with E-state index in [0.717, 1.165) is 12.4 Å². The number of nitrogens with one attached hydrogen (secondary N) is 2. The van der Waals surface area contributed by atoms with Gasteiger partial charge in [-0.2, -0.15) is 0 Å². The fourth-order valence-electron chi connectivity index (χ4n) is 1.20. The van der Waals surface area contributed by atoms with E-state index in [1.807, 2.05) is 20.3 Å². The number of anilines is 1. The van der Waals surface area contributed by atoms with E-state index in [-0.39, 0.29) is 0 Å². The summed E-state index contributed by atoms with van der Waals surface area (Å²) in [5, 5.41) is 6.12. The molecule has 1 aromatic rings. The van der Waals surface area contributed by atoms with Crippen molar-refractivity contribution in [2.75, 3.05) is 19.4 Å². The summed E-state index contributed by atoms with van der Waals surface area (Å²) in [5.74, 6) is 0.954. The molecule has 3 heteroatoms. The van der Waals surface area contributed by atoms with Gasteiger partial charge in [-0.1, -0.05) is 0 Å². The topological polar surface area (TPSA) is 37.0 Å². The minimum absolute atomic E-state index is 0.873. The second-order valence-corrected chi connectivity index (χ2v) is 2.79. The van der Waals surface area contributed by atoms with Crippen LogP contribution in [0.4, 0.5) is 5.82 Å². The smallest absolute Gasteiger partial charge is 0.128 e. The Kier molecular flexibility index (Phi) is 3.05. The van der Waals surface area contributed by atoms with E-state index < -0.39 is 0 Å².